The lowest BCUT2D eigenvalue weighted by molar-refractivity contribution is 0.604. The van der Waals surface area contributed by atoms with Crippen LogP contribution in [0.1, 0.15) is 36.8 Å². The van der Waals surface area contributed by atoms with Crippen LogP contribution in [0.2, 0.25) is 0 Å². The number of nitrogens with one attached hydrogen (secondary N) is 1. The molecule has 0 bridgehead atoms. The zero-order valence-electron chi connectivity index (χ0n) is 11.7. The normalized spacial score (nSPS) is 11.2. The summed E-state index contributed by atoms with van der Waals surface area (Å²) in [6, 6.07) is 0.408. The molecule has 0 aliphatic rings. The number of hydrogen-bond donors (Lipinski definition) is 1. The molecule has 0 unspecified atom stereocenters. The van der Waals surface area contributed by atoms with Crippen molar-refractivity contribution in [1.29, 1.82) is 0 Å². The van der Waals surface area contributed by atoms with Gasteiger partial charge in [-0.15, -0.1) is 0 Å². The maximum Gasteiger partial charge on any atom is 0.203 e. The molecule has 5 heteroatoms. The maximum absolute atomic E-state index is 4.42. The smallest absolute Gasteiger partial charge is 0.203 e. The van der Waals surface area contributed by atoms with Gasteiger partial charge in [-0.25, -0.2) is 4.98 Å². The van der Waals surface area contributed by atoms with E-state index in [1.807, 2.05) is 31.0 Å². The van der Waals surface area contributed by atoms with Crippen molar-refractivity contribution in [3.8, 4) is 0 Å². The number of nitrogens with zero attached hydrogens (tertiary/aromatic N) is 4. The Morgan fingerprint density at radius 3 is 2.61 bits per heavy atom. The van der Waals surface area contributed by atoms with Gasteiger partial charge in [0.15, 0.2) is 0 Å². The molecule has 0 saturated carbocycles. The first-order valence-corrected chi connectivity index (χ1v) is 6.26. The molecule has 2 aromatic rings. The van der Waals surface area contributed by atoms with Crippen LogP contribution in [-0.2, 0) is 13.6 Å². The molecule has 0 amide bonds. The van der Waals surface area contributed by atoms with E-state index in [9.17, 15) is 0 Å². The molecule has 0 aromatic carbocycles. The van der Waals surface area contributed by atoms with Crippen molar-refractivity contribution in [3.05, 3.63) is 29.3 Å². The van der Waals surface area contributed by atoms with E-state index in [4.69, 9.17) is 0 Å². The molecule has 0 fully saturated rings. The largest absolute Gasteiger partial charge is 0.351 e. The molecule has 1 N–H and O–H groups in total. The molecular weight excluding hydrogens is 226 g/mol. The zero-order chi connectivity index (χ0) is 13.3. The van der Waals surface area contributed by atoms with Crippen LogP contribution >= 0.6 is 0 Å². The highest BCUT2D eigenvalue weighted by molar-refractivity contribution is 5.32. The predicted molar refractivity (Wildman–Crippen MR) is 72.6 cm³/mol. The van der Waals surface area contributed by atoms with E-state index >= 15 is 0 Å². The predicted octanol–water partition coefficient (Wildman–Crippen LogP) is 2.43. The summed E-state index contributed by atoms with van der Waals surface area (Å²) < 4.78 is 4.04. The number of aromatic nitrogens is 4. The summed E-state index contributed by atoms with van der Waals surface area (Å²) in [5.74, 6) is 0.910. The summed E-state index contributed by atoms with van der Waals surface area (Å²) in [5.41, 5.74) is 3.52. The fourth-order valence-corrected chi connectivity index (χ4v) is 2.11. The van der Waals surface area contributed by atoms with Gasteiger partial charge in [-0.1, -0.05) is 0 Å². The third kappa shape index (κ3) is 2.25. The molecule has 98 valence electrons. The molecule has 0 spiro atoms. The van der Waals surface area contributed by atoms with Gasteiger partial charge < -0.3 is 9.88 Å². The fourth-order valence-electron chi connectivity index (χ4n) is 2.11. The third-order valence-electron chi connectivity index (χ3n) is 3.31. The zero-order valence-corrected chi connectivity index (χ0v) is 11.7. The van der Waals surface area contributed by atoms with Gasteiger partial charge in [0.2, 0.25) is 5.95 Å². The minimum Gasteiger partial charge on any atom is -0.351 e. The van der Waals surface area contributed by atoms with Crippen molar-refractivity contribution in [2.45, 2.75) is 40.3 Å². The van der Waals surface area contributed by atoms with Crippen molar-refractivity contribution < 1.29 is 0 Å². The van der Waals surface area contributed by atoms with Crippen molar-refractivity contribution in [2.24, 2.45) is 7.05 Å². The fraction of sp³-hybridized carbons (Fsp3) is 0.538. The van der Waals surface area contributed by atoms with Crippen molar-refractivity contribution in [3.63, 3.8) is 0 Å². The average molecular weight is 247 g/mol. The quantitative estimate of drug-likeness (QED) is 0.902. The van der Waals surface area contributed by atoms with Gasteiger partial charge in [0.25, 0.3) is 0 Å². The second kappa shape index (κ2) is 4.84. The van der Waals surface area contributed by atoms with Gasteiger partial charge in [0, 0.05) is 43.3 Å². The highest BCUT2D eigenvalue weighted by Gasteiger charge is 2.11. The van der Waals surface area contributed by atoms with Crippen molar-refractivity contribution >= 4 is 5.95 Å². The Kier molecular flexibility index (Phi) is 3.41. The summed E-state index contributed by atoms with van der Waals surface area (Å²) in [4.78, 5) is 4.34. The van der Waals surface area contributed by atoms with E-state index in [-0.39, 0.29) is 0 Å². The van der Waals surface area contributed by atoms with Gasteiger partial charge >= 0.3 is 0 Å². The first-order valence-electron chi connectivity index (χ1n) is 6.26. The number of anilines is 1. The highest BCUT2D eigenvalue weighted by Crippen LogP contribution is 2.16. The molecule has 18 heavy (non-hydrogen) atoms. The van der Waals surface area contributed by atoms with Crippen LogP contribution in [0.4, 0.5) is 5.95 Å². The molecule has 2 rings (SSSR count). The number of hydrogen-bond acceptors (Lipinski definition) is 3. The van der Waals surface area contributed by atoms with E-state index in [0.29, 0.717) is 6.04 Å². The Morgan fingerprint density at radius 1 is 1.33 bits per heavy atom. The summed E-state index contributed by atoms with van der Waals surface area (Å²) in [7, 11) is 1.97. The van der Waals surface area contributed by atoms with Gasteiger partial charge in [0.1, 0.15) is 0 Å². The van der Waals surface area contributed by atoms with E-state index in [1.54, 1.807) is 0 Å². The molecular formula is C13H21N5. The first-order chi connectivity index (χ1) is 8.50. The maximum atomic E-state index is 4.42. The molecule has 0 aliphatic heterocycles. The van der Waals surface area contributed by atoms with Crippen molar-refractivity contribution in [1.82, 2.24) is 19.3 Å². The molecule has 5 nitrogen and oxygen atoms in total. The van der Waals surface area contributed by atoms with Crippen LogP contribution in [0.15, 0.2) is 12.4 Å². The third-order valence-corrected chi connectivity index (χ3v) is 3.31. The van der Waals surface area contributed by atoms with Crippen LogP contribution in [0.5, 0.6) is 0 Å². The second-order valence-electron chi connectivity index (χ2n) is 4.88. The lowest BCUT2D eigenvalue weighted by Crippen LogP contribution is -2.09. The minimum absolute atomic E-state index is 0.408. The molecule has 0 aliphatic carbocycles. The van der Waals surface area contributed by atoms with Crippen LogP contribution in [0.3, 0.4) is 0 Å². The Morgan fingerprint density at radius 2 is 2.06 bits per heavy atom. The summed E-state index contributed by atoms with van der Waals surface area (Å²) in [5, 5.41) is 7.80. The lowest BCUT2D eigenvalue weighted by Gasteiger charge is -2.12. The van der Waals surface area contributed by atoms with Crippen LogP contribution in [0.25, 0.3) is 0 Å². The van der Waals surface area contributed by atoms with Gasteiger partial charge in [-0.3, -0.25) is 4.68 Å². The summed E-state index contributed by atoms with van der Waals surface area (Å²) in [6.07, 6.45) is 3.82. The number of imidazole rings is 1. The van der Waals surface area contributed by atoms with Crippen LogP contribution < -0.4 is 5.32 Å². The number of aryl methyl sites for hydroxylation is 2. The summed E-state index contributed by atoms with van der Waals surface area (Å²) >= 11 is 0. The van der Waals surface area contributed by atoms with E-state index in [0.717, 1.165) is 18.2 Å². The number of rotatable bonds is 4. The van der Waals surface area contributed by atoms with E-state index < -0.39 is 0 Å². The van der Waals surface area contributed by atoms with Gasteiger partial charge in [-0.2, -0.15) is 5.10 Å². The first kappa shape index (κ1) is 12.7. The summed E-state index contributed by atoms with van der Waals surface area (Å²) in [6.45, 7) is 9.18. The average Bonchev–Trinajstić information content (AvgIpc) is 2.84. The topological polar surface area (TPSA) is 47.7 Å². The van der Waals surface area contributed by atoms with E-state index in [1.165, 1.54) is 11.3 Å². The SMILES string of the molecule is Cc1nn(C)c(C)c1CNc1nccn1C(C)C. The Hall–Kier alpha value is -1.78. The van der Waals surface area contributed by atoms with Gasteiger partial charge in [-0.05, 0) is 27.7 Å². The molecule has 0 radical (unpaired) electrons. The molecule has 2 aromatic heterocycles. The Balaban J connectivity index is 2.14. The Bertz CT molecular complexity index is 536. The van der Waals surface area contributed by atoms with Gasteiger partial charge in [0.05, 0.1) is 5.69 Å². The standard InChI is InChI=1S/C13H21N5/c1-9(2)18-7-6-14-13(18)15-8-12-10(3)16-17(5)11(12)4/h6-7,9H,8H2,1-5H3,(H,14,15). The molecule has 0 saturated heterocycles. The monoisotopic (exact) mass is 247 g/mol. The van der Waals surface area contributed by atoms with E-state index in [2.05, 4.69) is 40.7 Å². The second-order valence-corrected chi connectivity index (χ2v) is 4.88. The minimum atomic E-state index is 0.408. The van der Waals surface area contributed by atoms with Crippen LogP contribution in [-0.4, -0.2) is 19.3 Å². The van der Waals surface area contributed by atoms with Crippen molar-refractivity contribution in [2.75, 3.05) is 5.32 Å². The van der Waals surface area contributed by atoms with Crippen LogP contribution in [0, 0.1) is 13.8 Å². The highest BCUT2D eigenvalue weighted by atomic mass is 15.3. The molecule has 0 atom stereocenters. The molecule has 2 heterocycles. The lowest BCUT2D eigenvalue weighted by atomic mass is 10.2. The Labute approximate surface area is 108 Å².